The summed E-state index contributed by atoms with van der Waals surface area (Å²) in [6.07, 6.45) is 1.72. The van der Waals surface area contributed by atoms with Crippen LogP contribution in [0.4, 0.5) is 0 Å². The molecule has 0 saturated heterocycles. The molecule has 8 heteroatoms. The average molecular weight is 496 g/mol. The second kappa shape index (κ2) is 11.7. The van der Waals surface area contributed by atoms with E-state index in [-0.39, 0.29) is 12.5 Å². The molecule has 0 radical (unpaired) electrons. The van der Waals surface area contributed by atoms with E-state index in [4.69, 9.17) is 19.5 Å². The molecule has 164 valence electrons. The first kappa shape index (κ1) is 23.1. The largest absolute Gasteiger partial charge is 0.490 e. The number of amides is 1. The second-order valence-corrected chi connectivity index (χ2v) is 7.51. The number of nitriles is 1. The van der Waals surface area contributed by atoms with E-state index in [1.807, 2.05) is 49.4 Å². The number of hydrogen-bond acceptors (Lipinski definition) is 6. The molecule has 0 bridgehead atoms. The van der Waals surface area contributed by atoms with Gasteiger partial charge in [0.1, 0.15) is 12.4 Å². The fourth-order valence-corrected chi connectivity index (χ4v) is 3.37. The summed E-state index contributed by atoms with van der Waals surface area (Å²) in [4.78, 5) is 16.5. The molecule has 0 aliphatic heterocycles. The molecular weight excluding hydrogens is 474 g/mol. The minimum Gasteiger partial charge on any atom is -0.490 e. The lowest BCUT2D eigenvalue weighted by molar-refractivity contribution is -0.123. The van der Waals surface area contributed by atoms with Crippen molar-refractivity contribution < 1.29 is 19.0 Å². The third-order valence-electron chi connectivity index (χ3n) is 4.29. The van der Waals surface area contributed by atoms with Gasteiger partial charge in [-0.15, -0.1) is 0 Å². The molecule has 32 heavy (non-hydrogen) atoms. The normalized spacial score (nSPS) is 10.2. The maximum Gasteiger partial charge on any atom is 0.258 e. The Hall–Kier alpha value is -3.57. The van der Waals surface area contributed by atoms with E-state index in [9.17, 15) is 4.79 Å². The number of hydrogen-bond donors (Lipinski definition) is 1. The molecular formula is C24H22BrN3O4. The molecule has 0 unspecified atom stereocenters. The first-order chi connectivity index (χ1) is 15.6. The number of carbonyl (C=O) groups is 1. The molecule has 1 N–H and O–H groups in total. The van der Waals surface area contributed by atoms with Gasteiger partial charge in [-0.3, -0.25) is 9.78 Å². The summed E-state index contributed by atoms with van der Waals surface area (Å²) in [5, 5.41) is 11.9. The fourth-order valence-electron chi connectivity index (χ4n) is 2.81. The zero-order chi connectivity index (χ0) is 22.8. The van der Waals surface area contributed by atoms with Crippen molar-refractivity contribution in [3.63, 3.8) is 0 Å². The third-order valence-corrected chi connectivity index (χ3v) is 4.88. The lowest BCUT2D eigenvalue weighted by Crippen LogP contribution is -2.28. The van der Waals surface area contributed by atoms with E-state index in [0.29, 0.717) is 47.0 Å². The number of carbonyl (C=O) groups excluding carboxylic acids is 1. The van der Waals surface area contributed by atoms with Crippen LogP contribution in [0.25, 0.3) is 0 Å². The Morgan fingerprint density at radius 1 is 1.12 bits per heavy atom. The zero-order valence-electron chi connectivity index (χ0n) is 17.5. The topological polar surface area (TPSA) is 93.5 Å². The van der Waals surface area contributed by atoms with Crippen LogP contribution < -0.4 is 19.5 Å². The number of aromatic nitrogens is 1. The Labute approximate surface area is 195 Å². The van der Waals surface area contributed by atoms with Gasteiger partial charge in [0.2, 0.25) is 0 Å². The molecule has 0 fully saturated rings. The van der Waals surface area contributed by atoms with E-state index < -0.39 is 0 Å². The number of rotatable bonds is 10. The average Bonchev–Trinajstić information content (AvgIpc) is 2.82. The zero-order valence-corrected chi connectivity index (χ0v) is 19.1. The van der Waals surface area contributed by atoms with Gasteiger partial charge in [-0.25, -0.2) is 0 Å². The number of benzene rings is 2. The first-order valence-electron chi connectivity index (χ1n) is 9.96. The summed E-state index contributed by atoms with van der Waals surface area (Å²) in [5.41, 5.74) is 2.16. The van der Waals surface area contributed by atoms with Crippen LogP contribution >= 0.6 is 15.9 Å². The van der Waals surface area contributed by atoms with Crippen LogP contribution in [-0.4, -0.2) is 24.1 Å². The van der Waals surface area contributed by atoms with E-state index in [1.165, 1.54) is 0 Å². The maximum atomic E-state index is 12.3. The van der Waals surface area contributed by atoms with Crippen LogP contribution in [0, 0.1) is 11.3 Å². The van der Waals surface area contributed by atoms with Gasteiger partial charge >= 0.3 is 0 Å². The molecule has 7 nitrogen and oxygen atoms in total. The Morgan fingerprint density at radius 2 is 2.00 bits per heavy atom. The van der Waals surface area contributed by atoms with Crippen LogP contribution in [0.5, 0.6) is 17.2 Å². The molecule has 2 aromatic carbocycles. The highest BCUT2D eigenvalue weighted by molar-refractivity contribution is 9.10. The van der Waals surface area contributed by atoms with Gasteiger partial charge in [0, 0.05) is 18.8 Å². The quantitative estimate of drug-likeness (QED) is 0.448. The molecule has 0 spiro atoms. The van der Waals surface area contributed by atoms with Crippen LogP contribution in [0.3, 0.4) is 0 Å². The predicted octanol–water partition coefficient (Wildman–Crippen LogP) is 4.39. The Balaban J connectivity index is 1.53. The van der Waals surface area contributed by atoms with Crippen molar-refractivity contribution in [2.45, 2.75) is 20.1 Å². The van der Waals surface area contributed by atoms with Crippen LogP contribution in [0.15, 0.2) is 65.3 Å². The molecule has 0 aliphatic rings. The fraction of sp³-hybridized carbons (Fsp3) is 0.208. The van der Waals surface area contributed by atoms with Crippen molar-refractivity contribution in [1.82, 2.24) is 10.3 Å². The summed E-state index contributed by atoms with van der Waals surface area (Å²) in [6.45, 7) is 2.74. The standard InChI is InChI=1S/C24H22BrN3O4/c1-2-30-22-12-18(13-26)11-21(25)24(22)32-16-23(29)28-14-17-6-5-8-20(10-17)31-15-19-7-3-4-9-27-19/h3-12H,2,14-16H2,1H3,(H,28,29). The van der Waals surface area contributed by atoms with Crippen LogP contribution in [-0.2, 0) is 17.9 Å². The molecule has 3 aromatic rings. The smallest absolute Gasteiger partial charge is 0.258 e. The van der Waals surface area contributed by atoms with Crippen molar-refractivity contribution in [3.05, 3.63) is 82.1 Å². The monoisotopic (exact) mass is 495 g/mol. The molecule has 0 aliphatic carbocycles. The van der Waals surface area contributed by atoms with Gasteiger partial charge in [0.05, 0.1) is 28.4 Å². The van der Waals surface area contributed by atoms with E-state index in [1.54, 1.807) is 18.3 Å². The number of nitrogens with one attached hydrogen (secondary N) is 1. The number of nitrogens with zero attached hydrogens (tertiary/aromatic N) is 2. The summed E-state index contributed by atoms with van der Waals surface area (Å²) in [5.74, 6) is 1.19. The van der Waals surface area contributed by atoms with E-state index >= 15 is 0 Å². The third kappa shape index (κ3) is 6.72. The highest BCUT2D eigenvalue weighted by Crippen LogP contribution is 2.36. The van der Waals surface area contributed by atoms with Gasteiger partial charge in [-0.05, 0) is 58.7 Å². The maximum absolute atomic E-state index is 12.3. The number of halogens is 1. The lowest BCUT2D eigenvalue weighted by Gasteiger charge is -2.14. The summed E-state index contributed by atoms with van der Waals surface area (Å²) < 4.78 is 17.5. The molecule has 0 saturated carbocycles. The molecule has 1 aromatic heterocycles. The summed E-state index contributed by atoms with van der Waals surface area (Å²) >= 11 is 3.37. The Kier molecular flexibility index (Phi) is 8.46. The van der Waals surface area contributed by atoms with Gasteiger partial charge in [-0.2, -0.15) is 5.26 Å². The SMILES string of the molecule is CCOc1cc(C#N)cc(Br)c1OCC(=O)NCc1cccc(OCc2ccccn2)c1. The van der Waals surface area contributed by atoms with Crippen LogP contribution in [0.2, 0.25) is 0 Å². The summed E-state index contributed by atoms with van der Waals surface area (Å²) in [7, 11) is 0. The summed E-state index contributed by atoms with van der Waals surface area (Å²) in [6, 6.07) is 18.4. The molecule has 1 amide bonds. The van der Waals surface area contributed by atoms with Crippen LogP contribution in [0.1, 0.15) is 23.7 Å². The minimum absolute atomic E-state index is 0.194. The highest BCUT2D eigenvalue weighted by atomic mass is 79.9. The second-order valence-electron chi connectivity index (χ2n) is 6.65. The Bertz CT molecular complexity index is 1100. The van der Waals surface area contributed by atoms with Gasteiger partial charge < -0.3 is 19.5 Å². The number of ether oxygens (including phenoxy) is 3. The van der Waals surface area contributed by atoms with Crippen molar-refractivity contribution >= 4 is 21.8 Å². The molecule has 0 atom stereocenters. The van der Waals surface area contributed by atoms with E-state index in [2.05, 4.69) is 32.3 Å². The van der Waals surface area contributed by atoms with Gasteiger partial charge in [0.15, 0.2) is 18.1 Å². The first-order valence-corrected chi connectivity index (χ1v) is 10.8. The van der Waals surface area contributed by atoms with Gasteiger partial charge in [-0.1, -0.05) is 18.2 Å². The highest BCUT2D eigenvalue weighted by Gasteiger charge is 2.14. The van der Waals surface area contributed by atoms with Crippen molar-refractivity contribution in [2.75, 3.05) is 13.2 Å². The minimum atomic E-state index is -0.288. The van der Waals surface area contributed by atoms with Crippen molar-refractivity contribution in [1.29, 1.82) is 5.26 Å². The lowest BCUT2D eigenvalue weighted by atomic mass is 10.2. The van der Waals surface area contributed by atoms with Crippen molar-refractivity contribution in [2.24, 2.45) is 0 Å². The molecule has 3 rings (SSSR count). The Morgan fingerprint density at radius 3 is 2.75 bits per heavy atom. The van der Waals surface area contributed by atoms with E-state index in [0.717, 1.165) is 11.3 Å². The van der Waals surface area contributed by atoms with Crippen molar-refractivity contribution in [3.8, 4) is 23.3 Å². The molecule has 1 heterocycles. The predicted molar refractivity (Wildman–Crippen MR) is 122 cm³/mol. The van der Waals surface area contributed by atoms with Gasteiger partial charge in [0.25, 0.3) is 5.91 Å². The number of pyridine rings is 1.